The van der Waals surface area contributed by atoms with Crippen molar-refractivity contribution >= 4 is 40.5 Å². The van der Waals surface area contributed by atoms with Gasteiger partial charge in [0.15, 0.2) is 5.70 Å². The van der Waals surface area contributed by atoms with Gasteiger partial charge in [0, 0.05) is 30.4 Å². The minimum absolute atomic E-state index is 0.0508. The van der Waals surface area contributed by atoms with Crippen molar-refractivity contribution in [1.82, 2.24) is 31.0 Å². The molecule has 3 aromatic carbocycles. The molecule has 6 rings (SSSR count). The van der Waals surface area contributed by atoms with Crippen LogP contribution < -0.4 is 16.0 Å². The number of rotatable bonds is 10. The molecule has 0 bridgehead atoms. The molecule has 1 aromatic heterocycles. The lowest BCUT2D eigenvalue weighted by molar-refractivity contribution is -0.143. The highest BCUT2D eigenvalue weighted by atomic mass is 16.4. The maximum absolute atomic E-state index is 13.6. The summed E-state index contributed by atoms with van der Waals surface area (Å²) in [6, 6.07) is 25.2. The number of hydrazine groups is 1. The van der Waals surface area contributed by atoms with Gasteiger partial charge in [-0.15, -0.1) is 0 Å². The van der Waals surface area contributed by atoms with Crippen LogP contribution in [0.4, 0.5) is 0 Å². The first-order valence-corrected chi connectivity index (χ1v) is 14.4. The monoisotopic (exact) mass is 606 g/mol. The van der Waals surface area contributed by atoms with Crippen LogP contribution in [0.25, 0.3) is 10.9 Å². The van der Waals surface area contributed by atoms with Gasteiger partial charge in [0.1, 0.15) is 17.8 Å². The molecular formula is C33H30N6O6. The SMILES string of the molecule is O=C(O)C1=C(C(=O)NCc2ccccc2)CN2C[C@H](NC(=O)[C@H](Cc3ccccc3)NC(=O)c3cc4ccccc4[nH]3)C(=O)N12. The molecule has 2 aliphatic heterocycles. The number of hydrogen-bond donors (Lipinski definition) is 5. The van der Waals surface area contributed by atoms with Crippen LogP contribution in [0.1, 0.15) is 21.6 Å². The fraction of sp³-hybridized carbons (Fsp3) is 0.182. The quantitative estimate of drug-likeness (QED) is 0.184. The highest BCUT2D eigenvalue weighted by Gasteiger charge is 2.49. The number of para-hydroxylation sites is 1. The third kappa shape index (κ3) is 6.17. The summed E-state index contributed by atoms with van der Waals surface area (Å²) in [6.07, 6.45) is 0.152. The predicted octanol–water partition coefficient (Wildman–Crippen LogP) is 1.72. The summed E-state index contributed by atoms with van der Waals surface area (Å²) in [5, 5.41) is 21.4. The molecule has 45 heavy (non-hydrogen) atoms. The van der Waals surface area contributed by atoms with E-state index in [1.54, 1.807) is 6.07 Å². The maximum Gasteiger partial charge on any atom is 0.354 e. The molecule has 228 valence electrons. The molecule has 0 aliphatic carbocycles. The minimum Gasteiger partial charge on any atom is -0.477 e. The van der Waals surface area contributed by atoms with Crippen molar-refractivity contribution in [3.63, 3.8) is 0 Å². The molecule has 3 heterocycles. The average molecular weight is 607 g/mol. The Morgan fingerprint density at radius 1 is 0.889 bits per heavy atom. The number of nitrogens with zero attached hydrogens (tertiary/aromatic N) is 2. The Kier molecular flexibility index (Phi) is 8.12. The second-order valence-electron chi connectivity index (χ2n) is 10.8. The third-order valence-electron chi connectivity index (χ3n) is 7.79. The molecule has 2 aliphatic rings. The van der Waals surface area contributed by atoms with Crippen molar-refractivity contribution < 1.29 is 29.1 Å². The van der Waals surface area contributed by atoms with Crippen LogP contribution in [-0.4, -0.2) is 74.9 Å². The Labute approximate surface area is 257 Å². The van der Waals surface area contributed by atoms with Crippen molar-refractivity contribution in [2.75, 3.05) is 13.1 Å². The molecule has 1 fully saturated rings. The summed E-state index contributed by atoms with van der Waals surface area (Å²) in [6.45, 7) is 0.0194. The van der Waals surface area contributed by atoms with Gasteiger partial charge in [-0.1, -0.05) is 78.9 Å². The van der Waals surface area contributed by atoms with E-state index in [0.29, 0.717) is 0 Å². The first kappa shape index (κ1) is 29.3. The number of carboxylic acid groups (broad SMARTS) is 1. The van der Waals surface area contributed by atoms with Crippen molar-refractivity contribution in [1.29, 1.82) is 0 Å². The second kappa shape index (κ2) is 12.5. The number of benzene rings is 3. The summed E-state index contributed by atoms with van der Waals surface area (Å²) in [4.78, 5) is 68.5. The van der Waals surface area contributed by atoms with Crippen LogP contribution in [0.5, 0.6) is 0 Å². The van der Waals surface area contributed by atoms with E-state index in [1.165, 1.54) is 5.01 Å². The highest BCUT2D eigenvalue weighted by molar-refractivity contribution is 6.07. The second-order valence-corrected chi connectivity index (χ2v) is 10.8. The molecule has 12 nitrogen and oxygen atoms in total. The summed E-state index contributed by atoms with van der Waals surface area (Å²) in [7, 11) is 0. The number of carbonyl (C=O) groups is 5. The van der Waals surface area contributed by atoms with E-state index >= 15 is 0 Å². The summed E-state index contributed by atoms with van der Waals surface area (Å²) < 4.78 is 0. The lowest BCUT2D eigenvalue weighted by atomic mass is 10.0. The first-order chi connectivity index (χ1) is 21.8. The van der Waals surface area contributed by atoms with Crippen LogP contribution in [0.2, 0.25) is 0 Å². The molecule has 1 saturated heterocycles. The molecule has 4 amide bonds. The van der Waals surface area contributed by atoms with Gasteiger partial charge < -0.3 is 26.0 Å². The topological polar surface area (TPSA) is 164 Å². The van der Waals surface area contributed by atoms with E-state index in [0.717, 1.165) is 27.0 Å². The van der Waals surface area contributed by atoms with Gasteiger partial charge in [-0.05, 0) is 23.3 Å². The number of carbonyl (C=O) groups excluding carboxylic acids is 4. The number of nitrogens with one attached hydrogen (secondary N) is 4. The Morgan fingerprint density at radius 3 is 2.24 bits per heavy atom. The summed E-state index contributed by atoms with van der Waals surface area (Å²) in [5.74, 6) is -3.82. The zero-order valence-electron chi connectivity index (χ0n) is 24.0. The van der Waals surface area contributed by atoms with E-state index in [4.69, 9.17) is 0 Å². The van der Waals surface area contributed by atoms with Crippen LogP contribution in [-0.2, 0) is 32.1 Å². The smallest absolute Gasteiger partial charge is 0.354 e. The normalized spacial score (nSPS) is 16.8. The molecule has 4 aromatic rings. The average Bonchev–Trinajstić information content (AvgIpc) is 3.73. The minimum atomic E-state index is -1.43. The summed E-state index contributed by atoms with van der Waals surface area (Å²) in [5.41, 5.74) is 2.18. The molecule has 2 atom stereocenters. The van der Waals surface area contributed by atoms with E-state index in [2.05, 4.69) is 20.9 Å². The van der Waals surface area contributed by atoms with Crippen molar-refractivity contribution in [2.45, 2.75) is 25.0 Å². The Bertz CT molecular complexity index is 1790. The van der Waals surface area contributed by atoms with Gasteiger partial charge in [0.2, 0.25) is 5.91 Å². The number of aliphatic carboxylic acids is 1. The van der Waals surface area contributed by atoms with Gasteiger partial charge >= 0.3 is 5.97 Å². The lowest BCUT2D eigenvalue weighted by Gasteiger charge is -2.21. The number of aromatic amines is 1. The van der Waals surface area contributed by atoms with E-state index < -0.39 is 47.4 Å². The van der Waals surface area contributed by atoms with Gasteiger partial charge in [-0.3, -0.25) is 19.2 Å². The van der Waals surface area contributed by atoms with Crippen LogP contribution in [0.3, 0.4) is 0 Å². The molecule has 0 saturated carbocycles. The molecule has 12 heteroatoms. The number of amides is 4. The fourth-order valence-corrected chi connectivity index (χ4v) is 5.58. The molecule has 0 spiro atoms. The largest absolute Gasteiger partial charge is 0.477 e. The number of carboxylic acids is 1. The van der Waals surface area contributed by atoms with E-state index in [-0.39, 0.29) is 37.3 Å². The Hall–Kier alpha value is -5.75. The van der Waals surface area contributed by atoms with Crippen molar-refractivity contribution in [3.8, 4) is 0 Å². The lowest BCUT2D eigenvalue weighted by Crippen LogP contribution is -2.53. The number of aromatic nitrogens is 1. The number of fused-ring (bicyclic) bond motifs is 2. The third-order valence-corrected chi connectivity index (χ3v) is 7.79. The van der Waals surface area contributed by atoms with Crippen molar-refractivity contribution in [3.05, 3.63) is 119 Å². The van der Waals surface area contributed by atoms with Gasteiger partial charge in [-0.2, -0.15) is 0 Å². The fourth-order valence-electron chi connectivity index (χ4n) is 5.58. The highest BCUT2D eigenvalue weighted by Crippen LogP contribution is 2.30. The molecule has 5 N–H and O–H groups in total. The van der Waals surface area contributed by atoms with Gasteiger partial charge in [-0.25, -0.2) is 14.8 Å². The molecule has 0 unspecified atom stereocenters. The van der Waals surface area contributed by atoms with Gasteiger partial charge in [0.25, 0.3) is 17.7 Å². The van der Waals surface area contributed by atoms with E-state index in [9.17, 15) is 29.1 Å². The number of H-pyrrole nitrogens is 1. The van der Waals surface area contributed by atoms with Gasteiger partial charge in [0.05, 0.1) is 12.1 Å². The van der Waals surface area contributed by atoms with Crippen LogP contribution in [0, 0.1) is 0 Å². The zero-order chi connectivity index (χ0) is 31.5. The predicted molar refractivity (Wildman–Crippen MR) is 163 cm³/mol. The first-order valence-electron chi connectivity index (χ1n) is 14.4. The number of hydrogen-bond acceptors (Lipinski definition) is 6. The standard InChI is InChI=1S/C33H30N6O6/c40-29(34-17-21-11-5-2-6-12-21)23-18-38-19-27(32(43)39(38)28(23)33(44)45)37-30(41)25(15-20-9-3-1-4-10-20)36-31(42)26-16-22-13-7-8-14-24(22)35-26/h1-14,16,25,27,35H,15,17-19H2,(H,34,40)(H,36,42)(H,37,41)(H,44,45)/t25-,27-/m0/s1. The maximum atomic E-state index is 13.6. The zero-order valence-corrected chi connectivity index (χ0v) is 24.0. The van der Waals surface area contributed by atoms with Crippen LogP contribution >= 0.6 is 0 Å². The van der Waals surface area contributed by atoms with Crippen molar-refractivity contribution in [2.24, 2.45) is 0 Å². The Morgan fingerprint density at radius 2 is 1.56 bits per heavy atom. The van der Waals surface area contributed by atoms with E-state index in [1.807, 2.05) is 84.9 Å². The van der Waals surface area contributed by atoms with Crippen LogP contribution in [0.15, 0.2) is 102 Å². The summed E-state index contributed by atoms with van der Waals surface area (Å²) >= 11 is 0. The molecular weight excluding hydrogens is 576 g/mol. The Balaban J connectivity index is 1.17. The molecule has 0 radical (unpaired) electrons.